The van der Waals surface area contributed by atoms with Crippen molar-refractivity contribution in [2.75, 3.05) is 13.1 Å². The Kier molecular flexibility index (Phi) is 4.59. The second kappa shape index (κ2) is 7.42. The van der Waals surface area contributed by atoms with E-state index in [-0.39, 0.29) is 17.4 Å². The molecule has 5 nitrogen and oxygen atoms in total. The van der Waals surface area contributed by atoms with Gasteiger partial charge >= 0.3 is 0 Å². The van der Waals surface area contributed by atoms with Gasteiger partial charge in [0.25, 0.3) is 0 Å². The van der Waals surface area contributed by atoms with Gasteiger partial charge in [-0.2, -0.15) is 0 Å². The number of H-pyrrole nitrogens is 1. The Labute approximate surface area is 176 Å². The van der Waals surface area contributed by atoms with Crippen LogP contribution in [0.1, 0.15) is 10.6 Å². The summed E-state index contributed by atoms with van der Waals surface area (Å²) >= 11 is 1.38. The molecule has 0 atom stereocenters. The molecular formula is C23H19FN4OS. The Morgan fingerprint density at radius 2 is 1.97 bits per heavy atom. The van der Waals surface area contributed by atoms with Crippen LogP contribution < -0.4 is 0 Å². The zero-order valence-corrected chi connectivity index (χ0v) is 16.8. The lowest BCUT2D eigenvalue weighted by molar-refractivity contribution is 0.351. The van der Waals surface area contributed by atoms with E-state index in [0.29, 0.717) is 29.4 Å². The average Bonchev–Trinajstić information content (AvgIpc) is 3.45. The van der Waals surface area contributed by atoms with E-state index in [4.69, 9.17) is 5.41 Å². The fraction of sp³-hybridized carbons (Fsp3) is 0.130. The lowest BCUT2D eigenvalue weighted by Crippen LogP contribution is -2.28. The van der Waals surface area contributed by atoms with Crippen LogP contribution in [0.5, 0.6) is 0 Å². The van der Waals surface area contributed by atoms with Gasteiger partial charge < -0.3 is 15.0 Å². The number of aliphatic hydroxyl groups is 1. The first kappa shape index (κ1) is 18.6. The lowest BCUT2D eigenvalue weighted by Gasteiger charge is -2.18. The van der Waals surface area contributed by atoms with Gasteiger partial charge in [-0.25, -0.2) is 9.37 Å². The Morgan fingerprint density at radius 1 is 1.17 bits per heavy atom. The minimum Gasteiger partial charge on any atom is -0.510 e. The third kappa shape index (κ3) is 3.27. The van der Waals surface area contributed by atoms with Crippen molar-refractivity contribution in [3.8, 4) is 11.3 Å². The topological polar surface area (TPSA) is 76.0 Å². The summed E-state index contributed by atoms with van der Waals surface area (Å²) in [6, 6.07) is 14.3. The molecule has 0 radical (unpaired) electrons. The number of amidine groups is 1. The summed E-state index contributed by atoms with van der Waals surface area (Å²) in [6.07, 6.45) is 2.78. The highest BCUT2D eigenvalue weighted by atomic mass is 32.1. The number of para-hydroxylation sites is 1. The summed E-state index contributed by atoms with van der Waals surface area (Å²) in [5, 5.41) is 22.8. The van der Waals surface area contributed by atoms with Crippen molar-refractivity contribution >= 4 is 33.6 Å². The van der Waals surface area contributed by atoms with Crippen LogP contribution in [0.25, 0.3) is 27.7 Å². The van der Waals surface area contributed by atoms with E-state index in [9.17, 15) is 9.50 Å². The molecule has 3 N–H and O–H groups in total. The van der Waals surface area contributed by atoms with E-state index in [1.807, 2.05) is 34.7 Å². The van der Waals surface area contributed by atoms with E-state index < -0.39 is 0 Å². The molecule has 0 unspecified atom stereocenters. The molecule has 0 bridgehead atoms. The Balaban J connectivity index is 1.32. The van der Waals surface area contributed by atoms with Gasteiger partial charge in [-0.3, -0.25) is 5.41 Å². The SMILES string of the molecule is N=C1C(c2nc(-c3ccc(F)cc3)cs2)=C(O)CN1CCc1c[nH]c2ccccc12. The highest BCUT2D eigenvalue weighted by molar-refractivity contribution is 7.11. The maximum absolute atomic E-state index is 13.2. The number of halogens is 1. The second-order valence-corrected chi connectivity index (χ2v) is 8.10. The Morgan fingerprint density at radius 3 is 2.80 bits per heavy atom. The van der Waals surface area contributed by atoms with Crippen LogP contribution in [0.15, 0.2) is 65.9 Å². The normalized spacial score (nSPS) is 14.3. The standard InChI is InChI=1S/C23H19FN4OS/c24-16-7-5-14(6-8-16)19-13-30-23(27-19)21-20(29)12-28(22(21)25)10-9-15-11-26-18-4-2-1-3-17(15)18/h1-8,11,13,25-26,29H,9-10,12H2. The molecule has 0 amide bonds. The van der Waals surface area contributed by atoms with E-state index in [0.717, 1.165) is 17.5 Å². The first-order valence-corrected chi connectivity index (χ1v) is 10.5. The van der Waals surface area contributed by atoms with E-state index >= 15 is 0 Å². The molecule has 1 aliphatic rings. The third-order valence-electron chi connectivity index (χ3n) is 5.37. The summed E-state index contributed by atoms with van der Waals surface area (Å²) in [6.45, 7) is 0.937. The summed E-state index contributed by atoms with van der Waals surface area (Å²) in [5.74, 6) is 0.157. The number of aliphatic hydroxyl groups excluding tert-OH is 1. The maximum atomic E-state index is 13.2. The maximum Gasteiger partial charge on any atom is 0.135 e. The van der Waals surface area contributed by atoms with Crippen LogP contribution in [0.4, 0.5) is 4.39 Å². The smallest absolute Gasteiger partial charge is 0.135 e. The summed E-state index contributed by atoms with van der Waals surface area (Å²) in [4.78, 5) is 9.73. The molecule has 2 aromatic heterocycles. The molecule has 7 heteroatoms. The van der Waals surface area contributed by atoms with Gasteiger partial charge in [0.05, 0.1) is 17.8 Å². The molecule has 2 aromatic carbocycles. The van der Waals surface area contributed by atoms with Gasteiger partial charge in [0.1, 0.15) is 22.4 Å². The molecule has 0 aliphatic carbocycles. The highest BCUT2D eigenvalue weighted by Gasteiger charge is 2.30. The Bertz CT molecular complexity index is 1270. The van der Waals surface area contributed by atoms with Gasteiger partial charge in [-0.15, -0.1) is 11.3 Å². The number of hydrogen-bond acceptors (Lipinski definition) is 4. The molecule has 3 heterocycles. The number of rotatable bonds is 5. The second-order valence-electron chi connectivity index (χ2n) is 7.25. The van der Waals surface area contributed by atoms with E-state index in [1.54, 1.807) is 12.1 Å². The van der Waals surface area contributed by atoms with Gasteiger partial charge in [0, 0.05) is 34.6 Å². The summed E-state index contributed by atoms with van der Waals surface area (Å²) < 4.78 is 13.2. The minimum atomic E-state index is -0.294. The minimum absolute atomic E-state index is 0.166. The molecule has 1 aliphatic heterocycles. The molecular weight excluding hydrogens is 399 g/mol. The van der Waals surface area contributed by atoms with Crippen molar-refractivity contribution in [2.45, 2.75) is 6.42 Å². The van der Waals surface area contributed by atoms with Crippen molar-refractivity contribution in [1.82, 2.24) is 14.9 Å². The van der Waals surface area contributed by atoms with Crippen LogP contribution in [-0.4, -0.2) is 38.9 Å². The van der Waals surface area contributed by atoms with Crippen molar-refractivity contribution in [3.63, 3.8) is 0 Å². The van der Waals surface area contributed by atoms with Gasteiger partial charge in [0.2, 0.25) is 0 Å². The number of aromatic amines is 1. The lowest BCUT2D eigenvalue weighted by atomic mass is 10.1. The van der Waals surface area contributed by atoms with Crippen molar-refractivity contribution < 1.29 is 9.50 Å². The molecule has 150 valence electrons. The first-order chi connectivity index (χ1) is 14.6. The number of fused-ring (bicyclic) bond motifs is 1. The van der Waals surface area contributed by atoms with Gasteiger partial charge in [-0.05, 0) is 42.3 Å². The van der Waals surface area contributed by atoms with Crippen molar-refractivity contribution in [1.29, 1.82) is 5.41 Å². The van der Waals surface area contributed by atoms with Crippen LogP contribution in [-0.2, 0) is 6.42 Å². The molecule has 5 rings (SSSR count). The predicted octanol–water partition coefficient (Wildman–Crippen LogP) is 5.24. The van der Waals surface area contributed by atoms with Crippen LogP contribution >= 0.6 is 11.3 Å². The van der Waals surface area contributed by atoms with Crippen LogP contribution in [0.3, 0.4) is 0 Å². The zero-order chi connectivity index (χ0) is 20.7. The summed E-state index contributed by atoms with van der Waals surface area (Å²) in [7, 11) is 0. The summed E-state index contributed by atoms with van der Waals surface area (Å²) in [5.41, 5.74) is 4.29. The molecule has 0 fully saturated rings. The van der Waals surface area contributed by atoms with Crippen LogP contribution in [0, 0.1) is 11.2 Å². The fourth-order valence-corrected chi connectivity index (χ4v) is 4.68. The Hall–Kier alpha value is -3.45. The first-order valence-electron chi connectivity index (χ1n) is 9.63. The third-order valence-corrected chi connectivity index (χ3v) is 6.23. The quantitative estimate of drug-likeness (QED) is 0.415. The number of hydrogen-bond donors (Lipinski definition) is 3. The van der Waals surface area contributed by atoms with Crippen molar-refractivity contribution in [2.24, 2.45) is 0 Å². The van der Waals surface area contributed by atoms with Crippen LogP contribution in [0.2, 0.25) is 0 Å². The number of benzene rings is 2. The monoisotopic (exact) mass is 418 g/mol. The predicted molar refractivity (Wildman–Crippen MR) is 118 cm³/mol. The molecule has 4 aromatic rings. The largest absolute Gasteiger partial charge is 0.510 e. The number of nitrogens with one attached hydrogen (secondary N) is 2. The molecule has 0 saturated heterocycles. The zero-order valence-electron chi connectivity index (χ0n) is 16.0. The highest BCUT2D eigenvalue weighted by Crippen LogP contribution is 2.32. The van der Waals surface area contributed by atoms with E-state index in [1.165, 1.54) is 34.4 Å². The van der Waals surface area contributed by atoms with E-state index in [2.05, 4.69) is 16.0 Å². The fourth-order valence-electron chi connectivity index (χ4n) is 3.78. The number of thiazole rings is 1. The van der Waals surface area contributed by atoms with Gasteiger partial charge in [-0.1, -0.05) is 18.2 Å². The number of aromatic nitrogens is 2. The molecule has 0 spiro atoms. The molecule has 0 saturated carbocycles. The van der Waals surface area contributed by atoms with Crippen molar-refractivity contribution in [3.05, 3.63) is 82.3 Å². The van der Waals surface area contributed by atoms with Gasteiger partial charge in [0.15, 0.2) is 0 Å². The number of nitrogens with zero attached hydrogens (tertiary/aromatic N) is 2. The average molecular weight is 418 g/mol. The molecule has 30 heavy (non-hydrogen) atoms.